The van der Waals surface area contributed by atoms with E-state index in [2.05, 4.69) is 20.8 Å². The Morgan fingerprint density at radius 2 is 2.08 bits per heavy atom. The Morgan fingerprint density at radius 3 is 2.75 bits per heavy atom. The Hall–Kier alpha value is -1.99. The number of hydrogen-bond acceptors (Lipinski definition) is 5. The zero-order chi connectivity index (χ0) is 17.4. The minimum Gasteiger partial charge on any atom is -0.394 e. The number of aliphatic hydroxyl groups is 1. The fourth-order valence-electron chi connectivity index (χ4n) is 2.94. The summed E-state index contributed by atoms with van der Waals surface area (Å²) in [5.74, 6) is 0. The van der Waals surface area contributed by atoms with Gasteiger partial charge in [0.1, 0.15) is 5.01 Å². The average molecular weight is 346 g/mol. The van der Waals surface area contributed by atoms with Gasteiger partial charge in [0.15, 0.2) is 0 Å². The molecular weight excluding hydrogens is 324 g/mol. The Kier molecular flexibility index (Phi) is 4.31. The summed E-state index contributed by atoms with van der Waals surface area (Å²) in [5.41, 5.74) is 1.30. The third-order valence-corrected chi connectivity index (χ3v) is 5.53. The predicted molar refractivity (Wildman–Crippen MR) is 94.3 cm³/mol. The van der Waals surface area contributed by atoms with Crippen LogP contribution in [0, 0.1) is 0 Å². The van der Waals surface area contributed by atoms with E-state index in [9.17, 15) is 9.90 Å². The number of carbonyl (C=O) groups excluding carboxylic acids is 1. The number of aromatic nitrogens is 2. The molecule has 1 heterocycles. The van der Waals surface area contributed by atoms with Gasteiger partial charge in [-0.15, -0.1) is 10.2 Å². The highest BCUT2D eigenvalue weighted by atomic mass is 32.1. The second-order valence-corrected chi connectivity index (χ2v) is 8.12. The fourth-order valence-corrected chi connectivity index (χ4v) is 3.74. The molecule has 7 heteroatoms. The maximum atomic E-state index is 12.4. The largest absolute Gasteiger partial charge is 0.394 e. The van der Waals surface area contributed by atoms with E-state index in [1.54, 1.807) is 0 Å². The molecule has 0 radical (unpaired) electrons. The molecule has 24 heavy (non-hydrogen) atoms. The maximum absolute atomic E-state index is 12.4. The first-order valence-corrected chi connectivity index (χ1v) is 8.78. The topological polar surface area (TPSA) is 87.1 Å². The number of amides is 2. The quantitative estimate of drug-likeness (QED) is 0.797. The predicted octanol–water partition coefficient (Wildman–Crippen LogP) is 2.79. The van der Waals surface area contributed by atoms with E-state index in [0.29, 0.717) is 11.6 Å². The number of aryl methyl sites for hydroxylation is 1. The summed E-state index contributed by atoms with van der Waals surface area (Å²) < 4.78 is 0. The minimum absolute atomic E-state index is 0.106. The molecule has 1 aliphatic carbocycles. The van der Waals surface area contributed by atoms with Gasteiger partial charge in [0.2, 0.25) is 5.13 Å². The fraction of sp³-hybridized carbons (Fsp3) is 0.471. The molecule has 0 bridgehead atoms. The molecule has 2 amide bonds. The molecule has 3 N–H and O–H groups in total. The Bertz CT molecular complexity index is 753. The van der Waals surface area contributed by atoms with E-state index in [4.69, 9.17) is 0 Å². The normalized spacial score (nSPS) is 19.8. The summed E-state index contributed by atoms with van der Waals surface area (Å²) in [5, 5.41) is 25.1. The van der Waals surface area contributed by atoms with Crippen LogP contribution in [0.15, 0.2) is 24.3 Å². The third kappa shape index (κ3) is 3.14. The van der Waals surface area contributed by atoms with Crippen molar-refractivity contribution in [2.24, 2.45) is 0 Å². The SMILES string of the molecule is CC(C)(C)c1nnc(NC(=O)NC2(CO)CCc3ccccc32)s1. The van der Waals surface area contributed by atoms with Crippen molar-refractivity contribution in [3.05, 3.63) is 40.4 Å². The van der Waals surface area contributed by atoms with E-state index in [0.717, 1.165) is 22.6 Å². The molecule has 0 saturated carbocycles. The molecule has 1 unspecified atom stereocenters. The van der Waals surface area contributed by atoms with Crippen LogP contribution in [-0.2, 0) is 17.4 Å². The zero-order valence-electron chi connectivity index (χ0n) is 14.1. The van der Waals surface area contributed by atoms with Gasteiger partial charge in [0.05, 0.1) is 12.1 Å². The Balaban J connectivity index is 1.74. The Morgan fingerprint density at radius 1 is 1.33 bits per heavy atom. The number of benzene rings is 1. The molecule has 0 aliphatic heterocycles. The molecule has 0 fully saturated rings. The molecule has 1 atom stereocenters. The van der Waals surface area contributed by atoms with Gasteiger partial charge in [-0.2, -0.15) is 0 Å². The molecule has 128 valence electrons. The third-order valence-electron chi connectivity index (χ3n) is 4.26. The number of urea groups is 1. The first-order chi connectivity index (χ1) is 11.3. The molecule has 1 aromatic heterocycles. The number of nitrogens with one attached hydrogen (secondary N) is 2. The van der Waals surface area contributed by atoms with E-state index in [1.165, 1.54) is 11.3 Å². The molecule has 2 aromatic rings. The van der Waals surface area contributed by atoms with Crippen LogP contribution in [0.2, 0.25) is 0 Å². The molecule has 0 saturated heterocycles. The average Bonchev–Trinajstić information content (AvgIpc) is 3.13. The van der Waals surface area contributed by atoms with Crippen LogP contribution in [0.4, 0.5) is 9.93 Å². The van der Waals surface area contributed by atoms with Gasteiger partial charge >= 0.3 is 6.03 Å². The molecule has 1 aliphatic rings. The molecule has 0 spiro atoms. The highest BCUT2D eigenvalue weighted by molar-refractivity contribution is 7.15. The lowest BCUT2D eigenvalue weighted by Crippen LogP contribution is -2.48. The van der Waals surface area contributed by atoms with Crippen molar-refractivity contribution in [3.8, 4) is 0 Å². The highest BCUT2D eigenvalue weighted by Gasteiger charge is 2.39. The summed E-state index contributed by atoms with van der Waals surface area (Å²) in [7, 11) is 0. The summed E-state index contributed by atoms with van der Waals surface area (Å²) in [6.45, 7) is 6.01. The van der Waals surface area contributed by atoms with Crippen molar-refractivity contribution in [1.29, 1.82) is 0 Å². The number of carbonyl (C=O) groups is 1. The van der Waals surface area contributed by atoms with E-state index < -0.39 is 5.54 Å². The lowest BCUT2D eigenvalue weighted by atomic mass is 9.93. The Labute approximate surface area is 145 Å². The lowest BCUT2D eigenvalue weighted by molar-refractivity contribution is 0.164. The van der Waals surface area contributed by atoms with Gasteiger partial charge in [-0.1, -0.05) is 56.4 Å². The minimum atomic E-state index is -0.738. The van der Waals surface area contributed by atoms with Gasteiger partial charge in [-0.05, 0) is 24.0 Å². The number of hydrogen-bond donors (Lipinski definition) is 3. The van der Waals surface area contributed by atoms with Crippen LogP contribution in [0.5, 0.6) is 0 Å². The maximum Gasteiger partial charge on any atom is 0.321 e. The van der Waals surface area contributed by atoms with Crippen LogP contribution in [0.1, 0.15) is 43.3 Å². The van der Waals surface area contributed by atoms with Gasteiger partial charge in [0.25, 0.3) is 0 Å². The number of anilines is 1. The van der Waals surface area contributed by atoms with Crippen molar-refractivity contribution < 1.29 is 9.90 Å². The monoisotopic (exact) mass is 346 g/mol. The van der Waals surface area contributed by atoms with Crippen molar-refractivity contribution in [2.45, 2.75) is 44.6 Å². The van der Waals surface area contributed by atoms with E-state index >= 15 is 0 Å². The first kappa shape index (κ1) is 16.9. The van der Waals surface area contributed by atoms with Crippen LogP contribution in [0.3, 0.4) is 0 Å². The summed E-state index contributed by atoms with van der Waals surface area (Å²) in [6.07, 6.45) is 1.52. The molecule has 3 rings (SSSR count). The second-order valence-electron chi connectivity index (χ2n) is 7.14. The summed E-state index contributed by atoms with van der Waals surface area (Å²) >= 11 is 1.36. The van der Waals surface area contributed by atoms with Gasteiger partial charge in [-0.3, -0.25) is 5.32 Å². The lowest BCUT2D eigenvalue weighted by Gasteiger charge is -2.29. The van der Waals surface area contributed by atoms with E-state index in [-0.39, 0.29) is 18.1 Å². The standard InChI is InChI=1S/C17H22N4O2S/c1-16(2,3)13-20-21-15(24-13)18-14(23)19-17(10-22)9-8-11-6-4-5-7-12(11)17/h4-7,22H,8-10H2,1-3H3,(H2,18,19,21,23). The first-order valence-electron chi connectivity index (χ1n) is 7.96. The van der Waals surface area contributed by atoms with Gasteiger partial charge in [-0.25, -0.2) is 4.79 Å². The molecule has 1 aromatic carbocycles. The van der Waals surface area contributed by atoms with Gasteiger partial charge in [0, 0.05) is 5.41 Å². The van der Waals surface area contributed by atoms with Crippen LogP contribution >= 0.6 is 11.3 Å². The van der Waals surface area contributed by atoms with Crippen molar-refractivity contribution in [2.75, 3.05) is 11.9 Å². The van der Waals surface area contributed by atoms with Gasteiger partial charge < -0.3 is 10.4 Å². The van der Waals surface area contributed by atoms with E-state index in [1.807, 2.05) is 45.0 Å². The van der Waals surface area contributed by atoms with Crippen LogP contribution < -0.4 is 10.6 Å². The zero-order valence-corrected chi connectivity index (χ0v) is 14.9. The second kappa shape index (κ2) is 6.14. The number of nitrogens with zero attached hydrogens (tertiary/aromatic N) is 2. The summed E-state index contributed by atoms with van der Waals surface area (Å²) in [4.78, 5) is 12.4. The summed E-state index contributed by atoms with van der Waals surface area (Å²) in [6, 6.07) is 7.52. The smallest absolute Gasteiger partial charge is 0.321 e. The molecular formula is C17H22N4O2S. The van der Waals surface area contributed by atoms with Crippen molar-refractivity contribution in [3.63, 3.8) is 0 Å². The number of rotatable bonds is 3. The number of fused-ring (bicyclic) bond motifs is 1. The van der Waals surface area contributed by atoms with Crippen molar-refractivity contribution in [1.82, 2.24) is 15.5 Å². The highest BCUT2D eigenvalue weighted by Crippen LogP contribution is 2.36. The van der Waals surface area contributed by atoms with Crippen LogP contribution in [-0.4, -0.2) is 27.9 Å². The number of aliphatic hydroxyl groups excluding tert-OH is 1. The van der Waals surface area contributed by atoms with Crippen molar-refractivity contribution >= 4 is 22.5 Å². The molecule has 6 nitrogen and oxygen atoms in total. The van der Waals surface area contributed by atoms with Crippen LogP contribution in [0.25, 0.3) is 0 Å².